The lowest BCUT2D eigenvalue weighted by atomic mass is 9.88. The van der Waals surface area contributed by atoms with Crippen LogP contribution in [0.25, 0.3) is 11.0 Å². The van der Waals surface area contributed by atoms with Crippen LogP contribution in [0.4, 0.5) is 0 Å². The number of piperidine rings is 1. The molecule has 146 valence electrons. The molecular weight excluding hydrogens is 360 g/mol. The third-order valence-electron chi connectivity index (χ3n) is 5.86. The zero-order chi connectivity index (χ0) is 18.9. The first-order chi connectivity index (χ1) is 13.0. The third-order valence-corrected chi connectivity index (χ3v) is 6.42. The van der Waals surface area contributed by atoms with Crippen molar-refractivity contribution >= 4 is 28.7 Å². The van der Waals surface area contributed by atoms with Crippen molar-refractivity contribution in [3.8, 4) is 0 Å². The molecule has 1 unspecified atom stereocenters. The maximum Gasteiger partial charge on any atom is 0.222 e. The van der Waals surface area contributed by atoms with Gasteiger partial charge >= 0.3 is 0 Å². The minimum Gasteiger partial charge on any atom is -0.370 e. The summed E-state index contributed by atoms with van der Waals surface area (Å²) in [6.45, 7) is 7.55. The largest absolute Gasteiger partial charge is 0.370 e. The zero-order valence-electron chi connectivity index (χ0n) is 16.1. The zero-order valence-corrected chi connectivity index (χ0v) is 16.9. The van der Waals surface area contributed by atoms with E-state index in [1.54, 1.807) is 0 Å². The molecule has 1 aromatic carbocycles. The first kappa shape index (κ1) is 18.8. The van der Waals surface area contributed by atoms with Crippen molar-refractivity contribution in [2.45, 2.75) is 57.8 Å². The molecule has 27 heavy (non-hydrogen) atoms. The molecule has 2 fully saturated rings. The number of nitrogens with zero attached hydrogens (tertiary/aromatic N) is 3. The van der Waals surface area contributed by atoms with Crippen LogP contribution in [0.1, 0.15) is 45.1 Å². The Morgan fingerprint density at radius 2 is 2.07 bits per heavy atom. The molecule has 0 bridgehead atoms. The Hall–Kier alpha value is -1.57. The standard InChI is InChI=1S/C20H28N4O2S/c1-14(2)19(25)21-12-16-5-6-20(26-16)7-9-24(10-8-20)13-15-3-4-17-18(11-15)23-27-22-17/h3-4,11,14,16H,5-10,12-13H2,1-2H3,(H,21,25). The van der Waals surface area contributed by atoms with E-state index < -0.39 is 0 Å². The van der Waals surface area contributed by atoms with Crippen LogP contribution in [0.15, 0.2) is 18.2 Å². The van der Waals surface area contributed by atoms with E-state index in [9.17, 15) is 4.79 Å². The normalized spacial score (nSPS) is 22.7. The van der Waals surface area contributed by atoms with Crippen molar-refractivity contribution < 1.29 is 9.53 Å². The number of fused-ring (bicyclic) bond motifs is 1. The van der Waals surface area contributed by atoms with Gasteiger partial charge in [-0.1, -0.05) is 19.9 Å². The first-order valence-corrected chi connectivity index (χ1v) is 10.7. The summed E-state index contributed by atoms with van der Waals surface area (Å²) in [7, 11) is 0. The number of aromatic nitrogens is 2. The minimum atomic E-state index is 0.0204. The Labute approximate surface area is 164 Å². The number of ether oxygens (including phenoxy) is 1. The van der Waals surface area contributed by atoms with Crippen LogP contribution in [-0.2, 0) is 16.1 Å². The summed E-state index contributed by atoms with van der Waals surface area (Å²) in [4.78, 5) is 14.3. The number of likely N-dealkylation sites (tertiary alicyclic amines) is 1. The van der Waals surface area contributed by atoms with Crippen molar-refractivity contribution in [3.63, 3.8) is 0 Å². The molecule has 2 aromatic rings. The van der Waals surface area contributed by atoms with Crippen LogP contribution in [0.5, 0.6) is 0 Å². The average molecular weight is 389 g/mol. The molecule has 1 spiro atoms. The van der Waals surface area contributed by atoms with Crippen molar-refractivity contribution in [1.29, 1.82) is 0 Å². The number of amides is 1. The lowest BCUT2D eigenvalue weighted by molar-refractivity contribution is -0.125. The molecule has 4 rings (SSSR count). The number of nitrogens with one attached hydrogen (secondary N) is 1. The summed E-state index contributed by atoms with van der Waals surface area (Å²) in [5, 5.41) is 3.02. The summed E-state index contributed by atoms with van der Waals surface area (Å²) < 4.78 is 15.0. The minimum absolute atomic E-state index is 0.0204. The SMILES string of the molecule is CC(C)C(=O)NCC1CCC2(CCN(Cc3ccc4nsnc4c3)CC2)O1. The second-order valence-corrected chi connectivity index (χ2v) is 8.75. The quantitative estimate of drug-likeness (QED) is 0.853. The van der Waals surface area contributed by atoms with E-state index in [0.29, 0.717) is 6.54 Å². The predicted molar refractivity (Wildman–Crippen MR) is 107 cm³/mol. The molecule has 7 heteroatoms. The van der Waals surface area contributed by atoms with E-state index in [-0.39, 0.29) is 23.5 Å². The molecule has 0 aliphatic carbocycles. The van der Waals surface area contributed by atoms with Gasteiger partial charge in [-0.3, -0.25) is 9.69 Å². The Balaban J connectivity index is 1.26. The van der Waals surface area contributed by atoms with Gasteiger partial charge < -0.3 is 10.1 Å². The van der Waals surface area contributed by atoms with E-state index in [4.69, 9.17) is 4.74 Å². The van der Waals surface area contributed by atoms with Crippen molar-refractivity contribution in [1.82, 2.24) is 19.0 Å². The molecule has 0 saturated carbocycles. The fourth-order valence-electron chi connectivity index (χ4n) is 4.13. The van der Waals surface area contributed by atoms with Gasteiger partial charge in [-0.15, -0.1) is 0 Å². The van der Waals surface area contributed by atoms with Gasteiger partial charge in [-0.05, 0) is 43.4 Å². The first-order valence-electron chi connectivity index (χ1n) is 9.92. The van der Waals surface area contributed by atoms with E-state index >= 15 is 0 Å². The maximum absolute atomic E-state index is 11.8. The highest BCUT2D eigenvalue weighted by atomic mass is 32.1. The topological polar surface area (TPSA) is 67.4 Å². The summed E-state index contributed by atoms with van der Waals surface area (Å²) in [5.74, 6) is 0.143. The Morgan fingerprint density at radius 3 is 2.85 bits per heavy atom. The van der Waals surface area contributed by atoms with Gasteiger partial charge in [0.05, 0.1) is 23.4 Å². The van der Waals surface area contributed by atoms with Crippen molar-refractivity contribution in [2.24, 2.45) is 5.92 Å². The van der Waals surface area contributed by atoms with Gasteiger partial charge in [0.1, 0.15) is 11.0 Å². The lowest BCUT2D eigenvalue weighted by Crippen LogP contribution is -2.45. The van der Waals surface area contributed by atoms with E-state index in [1.165, 1.54) is 17.3 Å². The van der Waals surface area contributed by atoms with E-state index in [1.807, 2.05) is 13.8 Å². The van der Waals surface area contributed by atoms with Gasteiger partial charge in [0.2, 0.25) is 5.91 Å². The molecule has 1 amide bonds. The molecular formula is C20H28N4O2S. The monoisotopic (exact) mass is 388 g/mol. The molecule has 6 nitrogen and oxygen atoms in total. The molecule has 2 aliphatic heterocycles. The highest BCUT2D eigenvalue weighted by Crippen LogP contribution is 2.39. The summed E-state index contributed by atoms with van der Waals surface area (Å²) in [6, 6.07) is 6.38. The smallest absolute Gasteiger partial charge is 0.222 e. The average Bonchev–Trinajstić information content (AvgIpc) is 3.28. The second kappa shape index (κ2) is 7.81. The van der Waals surface area contributed by atoms with Gasteiger partial charge in [0, 0.05) is 32.1 Å². The molecule has 1 N–H and O–H groups in total. The second-order valence-electron chi connectivity index (χ2n) is 8.22. The Morgan fingerprint density at radius 1 is 1.30 bits per heavy atom. The Bertz CT molecular complexity index is 798. The van der Waals surface area contributed by atoms with Crippen molar-refractivity contribution in [2.75, 3.05) is 19.6 Å². The maximum atomic E-state index is 11.8. The highest BCUT2D eigenvalue weighted by molar-refractivity contribution is 7.00. The molecule has 2 saturated heterocycles. The number of hydrogen-bond acceptors (Lipinski definition) is 6. The molecule has 3 heterocycles. The molecule has 1 aromatic heterocycles. The van der Waals surface area contributed by atoms with Crippen LogP contribution >= 0.6 is 11.7 Å². The number of benzene rings is 1. The Kier molecular flexibility index (Phi) is 5.43. The van der Waals surface area contributed by atoms with E-state index in [2.05, 4.69) is 37.2 Å². The highest BCUT2D eigenvalue weighted by Gasteiger charge is 2.42. The van der Waals surface area contributed by atoms with Crippen LogP contribution in [0.2, 0.25) is 0 Å². The van der Waals surface area contributed by atoms with Gasteiger partial charge in [0.25, 0.3) is 0 Å². The van der Waals surface area contributed by atoms with E-state index in [0.717, 1.165) is 56.4 Å². The lowest BCUT2D eigenvalue weighted by Gasteiger charge is -2.39. The third kappa shape index (κ3) is 4.31. The van der Waals surface area contributed by atoms with Gasteiger partial charge in [-0.25, -0.2) is 0 Å². The number of rotatable bonds is 5. The fourth-order valence-corrected chi connectivity index (χ4v) is 4.65. The number of carbonyl (C=O) groups is 1. The predicted octanol–water partition coefficient (Wildman–Crippen LogP) is 2.98. The molecule has 2 aliphatic rings. The molecule has 1 atom stereocenters. The molecule has 0 radical (unpaired) electrons. The summed E-state index contributed by atoms with van der Waals surface area (Å²) >= 11 is 1.27. The number of carbonyl (C=O) groups excluding carboxylic acids is 1. The van der Waals surface area contributed by atoms with Crippen LogP contribution < -0.4 is 5.32 Å². The van der Waals surface area contributed by atoms with Crippen LogP contribution in [0.3, 0.4) is 0 Å². The number of hydrogen-bond donors (Lipinski definition) is 1. The summed E-state index contributed by atoms with van der Waals surface area (Å²) in [6.07, 6.45) is 4.47. The van der Waals surface area contributed by atoms with Crippen LogP contribution in [-0.4, -0.2) is 50.9 Å². The van der Waals surface area contributed by atoms with Crippen LogP contribution in [0, 0.1) is 5.92 Å². The summed E-state index contributed by atoms with van der Waals surface area (Å²) in [5.41, 5.74) is 3.30. The van der Waals surface area contributed by atoms with Gasteiger partial charge in [-0.2, -0.15) is 8.75 Å². The van der Waals surface area contributed by atoms with Gasteiger partial charge in [0.15, 0.2) is 0 Å². The van der Waals surface area contributed by atoms with Crippen molar-refractivity contribution in [3.05, 3.63) is 23.8 Å². The fraction of sp³-hybridized carbons (Fsp3) is 0.650.